The van der Waals surface area contributed by atoms with Crippen molar-refractivity contribution in [3.8, 4) is 34.4 Å². The van der Waals surface area contributed by atoms with E-state index in [0.29, 0.717) is 46.8 Å². The zero-order valence-corrected chi connectivity index (χ0v) is 22.6. The van der Waals surface area contributed by atoms with Crippen molar-refractivity contribution in [3.63, 3.8) is 0 Å². The first-order chi connectivity index (χ1) is 20.2. The number of nitrogens with zero attached hydrogens (tertiary/aromatic N) is 3. The van der Waals surface area contributed by atoms with Gasteiger partial charge in [-0.05, 0) is 47.9 Å². The highest BCUT2D eigenvalue weighted by molar-refractivity contribution is 5.71. The molecular formula is C33H29N3O5. The van der Waals surface area contributed by atoms with Gasteiger partial charge in [0.05, 0.1) is 25.0 Å². The van der Waals surface area contributed by atoms with Crippen LogP contribution in [0.25, 0.3) is 22.8 Å². The summed E-state index contributed by atoms with van der Waals surface area (Å²) >= 11 is 0. The molecule has 6 aromatic rings. The van der Waals surface area contributed by atoms with E-state index in [-0.39, 0.29) is 19.8 Å². The van der Waals surface area contributed by atoms with Crippen LogP contribution in [-0.2, 0) is 26.4 Å². The predicted molar refractivity (Wildman–Crippen MR) is 153 cm³/mol. The van der Waals surface area contributed by atoms with Crippen LogP contribution in [0, 0.1) is 6.92 Å². The number of oxazole rings is 1. The maximum absolute atomic E-state index is 9.89. The lowest BCUT2D eigenvalue weighted by Crippen LogP contribution is -2.03. The molecule has 0 amide bonds. The molecule has 0 fully saturated rings. The molecule has 6 rings (SSSR count). The van der Waals surface area contributed by atoms with E-state index in [9.17, 15) is 5.11 Å². The molecule has 1 N–H and O–H groups in total. The van der Waals surface area contributed by atoms with Gasteiger partial charge in [0.25, 0.3) is 5.89 Å². The summed E-state index contributed by atoms with van der Waals surface area (Å²) in [5.41, 5.74) is 5.34. The van der Waals surface area contributed by atoms with Crippen molar-refractivity contribution in [2.24, 2.45) is 0 Å². The van der Waals surface area contributed by atoms with Crippen LogP contribution in [0.2, 0.25) is 0 Å². The molecule has 0 atom stereocenters. The molecule has 0 saturated heterocycles. The first-order valence-corrected chi connectivity index (χ1v) is 13.3. The van der Waals surface area contributed by atoms with Gasteiger partial charge in [-0.15, -0.1) is 5.10 Å². The number of aliphatic hydroxyl groups is 1. The molecule has 3 heterocycles. The third kappa shape index (κ3) is 6.08. The van der Waals surface area contributed by atoms with E-state index >= 15 is 0 Å². The SMILES string of the molecule is Cc1oc(-c2ccco2)nc1COc1ccc(COc2nn(Cc3ccccc3)cc2CO)cc1-c1ccccc1. The Hall–Kier alpha value is -5.08. The fraction of sp³-hybridized carbons (Fsp3) is 0.152. The fourth-order valence-corrected chi connectivity index (χ4v) is 4.53. The molecule has 0 unspecified atom stereocenters. The Labute approximate surface area is 237 Å². The topological polar surface area (TPSA) is 95.7 Å². The van der Waals surface area contributed by atoms with Crippen LogP contribution in [0.5, 0.6) is 11.6 Å². The Bertz CT molecular complexity index is 1710. The van der Waals surface area contributed by atoms with E-state index in [1.54, 1.807) is 17.0 Å². The number of hydrogen-bond donors (Lipinski definition) is 1. The molecule has 8 nitrogen and oxygen atoms in total. The quantitative estimate of drug-likeness (QED) is 0.190. The average molecular weight is 548 g/mol. The van der Waals surface area contributed by atoms with Crippen LogP contribution in [0.4, 0.5) is 0 Å². The highest BCUT2D eigenvalue weighted by atomic mass is 16.5. The van der Waals surface area contributed by atoms with Gasteiger partial charge in [-0.3, -0.25) is 4.68 Å². The Balaban J connectivity index is 1.20. The first kappa shape index (κ1) is 26.2. The lowest BCUT2D eigenvalue weighted by Gasteiger charge is -2.14. The van der Waals surface area contributed by atoms with Crippen molar-refractivity contribution in [2.45, 2.75) is 33.3 Å². The number of furan rings is 1. The number of rotatable bonds is 11. The van der Waals surface area contributed by atoms with E-state index in [1.807, 2.05) is 98.0 Å². The van der Waals surface area contributed by atoms with Gasteiger partial charge >= 0.3 is 0 Å². The molecular weight excluding hydrogens is 518 g/mol. The van der Waals surface area contributed by atoms with Crippen molar-refractivity contribution in [2.75, 3.05) is 0 Å². The smallest absolute Gasteiger partial charge is 0.263 e. The summed E-state index contributed by atoms with van der Waals surface area (Å²) in [6.45, 7) is 2.82. The summed E-state index contributed by atoms with van der Waals surface area (Å²) < 4.78 is 25.3. The standard InChI is InChI=1S/C33H29N3O5/c1-23-29(34-33(41-23)31-13-8-16-38-31)22-39-30-15-14-25(17-28(30)26-11-6-3-7-12-26)21-40-32-27(20-37)19-36(35-32)18-24-9-4-2-5-10-24/h2-17,19,37H,18,20-22H2,1H3. The molecule has 41 heavy (non-hydrogen) atoms. The van der Waals surface area contributed by atoms with Gasteiger partial charge in [0, 0.05) is 11.8 Å². The van der Waals surface area contributed by atoms with Gasteiger partial charge in [0.1, 0.15) is 30.4 Å². The highest BCUT2D eigenvalue weighted by Gasteiger charge is 2.16. The highest BCUT2D eigenvalue weighted by Crippen LogP contribution is 2.33. The number of aryl methyl sites for hydroxylation is 1. The number of aliphatic hydroxyl groups excluding tert-OH is 1. The van der Waals surface area contributed by atoms with E-state index in [1.165, 1.54) is 0 Å². The lowest BCUT2D eigenvalue weighted by molar-refractivity contribution is 0.254. The minimum atomic E-state index is -0.157. The molecule has 3 aromatic carbocycles. The Morgan fingerprint density at radius 2 is 1.66 bits per heavy atom. The van der Waals surface area contributed by atoms with E-state index < -0.39 is 0 Å². The van der Waals surface area contributed by atoms with Crippen LogP contribution in [0.15, 0.2) is 112 Å². The van der Waals surface area contributed by atoms with E-state index in [4.69, 9.17) is 18.3 Å². The molecule has 0 saturated carbocycles. The zero-order valence-electron chi connectivity index (χ0n) is 22.6. The van der Waals surface area contributed by atoms with Gasteiger partial charge in [-0.25, -0.2) is 4.98 Å². The Morgan fingerprint density at radius 1 is 0.854 bits per heavy atom. The second-order valence-corrected chi connectivity index (χ2v) is 9.57. The summed E-state index contributed by atoms with van der Waals surface area (Å²) in [7, 11) is 0. The minimum Gasteiger partial charge on any atom is -0.487 e. The second kappa shape index (κ2) is 12.0. The van der Waals surface area contributed by atoms with Crippen LogP contribution < -0.4 is 9.47 Å². The predicted octanol–water partition coefficient (Wildman–Crippen LogP) is 6.81. The van der Waals surface area contributed by atoms with Crippen LogP contribution in [0.1, 0.15) is 28.1 Å². The van der Waals surface area contributed by atoms with Gasteiger partial charge in [-0.1, -0.05) is 66.7 Å². The summed E-state index contributed by atoms with van der Waals surface area (Å²) in [6.07, 6.45) is 3.40. The minimum absolute atomic E-state index is 0.157. The fourth-order valence-electron chi connectivity index (χ4n) is 4.53. The van der Waals surface area contributed by atoms with Gasteiger partial charge < -0.3 is 23.4 Å². The van der Waals surface area contributed by atoms with Crippen molar-refractivity contribution in [1.82, 2.24) is 14.8 Å². The summed E-state index contributed by atoms with van der Waals surface area (Å²) in [4.78, 5) is 4.56. The van der Waals surface area contributed by atoms with E-state index in [2.05, 4.69) is 10.1 Å². The summed E-state index contributed by atoms with van der Waals surface area (Å²) in [5, 5.41) is 14.5. The van der Waals surface area contributed by atoms with E-state index in [0.717, 1.165) is 22.3 Å². The molecule has 0 aliphatic rings. The molecule has 0 radical (unpaired) electrons. The number of ether oxygens (including phenoxy) is 2. The van der Waals surface area contributed by atoms with Gasteiger partial charge in [0.2, 0.25) is 5.88 Å². The first-order valence-electron chi connectivity index (χ1n) is 13.3. The Morgan fingerprint density at radius 3 is 2.41 bits per heavy atom. The summed E-state index contributed by atoms with van der Waals surface area (Å²) in [6, 6.07) is 29.6. The van der Waals surface area contributed by atoms with Crippen LogP contribution >= 0.6 is 0 Å². The number of benzene rings is 3. The molecule has 8 heteroatoms. The average Bonchev–Trinajstić information content (AvgIpc) is 3.76. The maximum atomic E-state index is 9.89. The van der Waals surface area contributed by atoms with Gasteiger partial charge in [-0.2, -0.15) is 0 Å². The lowest BCUT2D eigenvalue weighted by atomic mass is 10.0. The van der Waals surface area contributed by atoms with Crippen molar-refractivity contribution in [3.05, 3.63) is 132 Å². The monoisotopic (exact) mass is 547 g/mol. The van der Waals surface area contributed by atoms with Crippen LogP contribution in [0.3, 0.4) is 0 Å². The molecule has 3 aromatic heterocycles. The molecule has 0 spiro atoms. The van der Waals surface area contributed by atoms with Crippen molar-refractivity contribution in [1.29, 1.82) is 0 Å². The molecule has 0 bridgehead atoms. The van der Waals surface area contributed by atoms with Gasteiger partial charge in [0.15, 0.2) is 5.76 Å². The largest absolute Gasteiger partial charge is 0.487 e. The molecule has 0 aliphatic heterocycles. The number of hydrogen-bond acceptors (Lipinski definition) is 7. The summed E-state index contributed by atoms with van der Waals surface area (Å²) in [5.74, 6) is 2.80. The zero-order chi connectivity index (χ0) is 28.0. The normalized spacial score (nSPS) is 11.1. The maximum Gasteiger partial charge on any atom is 0.263 e. The van der Waals surface area contributed by atoms with Crippen molar-refractivity contribution >= 4 is 0 Å². The Kier molecular flexibility index (Phi) is 7.64. The molecule has 206 valence electrons. The van der Waals surface area contributed by atoms with Crippen molar-refractivity contribution < 1.29 is 23.4 Å². The third-order valence-electron chi connectivity index (χ3n) is 6.65. The van der Waals surface area contributed by atoms with Crippen LogP contribution in [-0.4, -0.2) is 19.9 Å². The number of aromatic nitrogens is 3. The second-order valence-electron chi connectivity index (χ2n) is 9.57. The third-order valence-corrected chi connectivity index (χ3v) is 6.65. The molecule has 0 aliphatic carbocycles.